The van der Waals surface area contributed by atoms with Crippen LogP contribution in [0.5, 0.6) is 0 Å². The van der Waals surface area contributed by atoms with Gasteiger partial charge in [-0.2, -0.15) is 0 Å². The number of hydrogen-bond acceptors (Lipinski definition) is 4. The third kappa shape index (κ3) is 2.55. The van der Waals surface area contributed by atoms with Gasteiger partial charge < -0.3 is 15.4 Å². The molecule has 1 saturated heterocycles. The molecule has 0 saturated carbocycles. The van der Waals surface area contributed by atoms with Crippen molar-refractivity contribution >= 4 is 23.2 Å². The molecule has 1 fully saturated rings. The van der Waals surface area contributed by atoms with E-state index in [9.17, 15) is 0 Å². The Morgan fingerprint density at radius 3 is 2.84 bits per heavy atom. The topological polar surface area (TPSA) is 50.9 Å². The lowest BCUT2D eigenvalue weighted by Gasteiger charge is -2.34. The second-order valence-corrected chi connectivity index (χ2v) is 5.50. The fraction of sp³-hybridized carbons (Fsp3) is 0.500. The van der Waals surface area contributed by atoms with Gasteiger partial charge in [-0.05, 0) is 37.0 Å². The van der Waals surface area contributed by atoms with Gasteiger partial charge in [0.2, 0.25) is 0 Å². The molecule has 1 aromatic rings. The number of anilines is 1. The molecule has 19 heavy (non-hydrogen) atoms. The van der Waals surface area contributed by atoms with E-state index in [1.165, 1.54) is 0 Å². The first-order chi connectivity index (χ1) is 9.25. The Hall–Kier alpha value is -1.26. The van der Waals surface area contributed by atoms with Crippen molar-refractivity contribution in [1.29, 1.82) is 0 Å². The van der Waals surface area contributed by atoms with Crippen LogP contribution >= 0.6 is 11.6 Å². The van der Waals surface area contributed by atoms with Gasteiger partial charge in [0.05, 0.1) is 12.6 Å². The molecule has 0 radical (unpaired) electrons. The lowest BCUT2D eigenvalue weighted by molar-refractivity contribution is 0.0603. The van der Waals surface area contributed by atoms with E-state index in [0.717, 1.165) is 43.3 Å². The number of guanidine groups is 1. The van der Waals surface area contributed by atoms with Crippen LogP contribution in [0.25, 0.3) is 0 Å². The lowest BCUT2D eigenvalue weighted by atomic mass is 9.91. The normalized spacial score (nSPS) is 24.6. The summed E-state index contributed by atoms with van der Waals surface area (Å²) >= 11 is 6.08. The van der Waals surface area contributed by atoms with E-state index in [1.807, 2.05) is 24.3 Å². The SMILES string of the molecule is NC1=NCC(C2CCOCC2)N1c1cccc(Cl)c1. The van der Waals surface area contributed by atoms with E-state index in [2.05, 4.69) is 9.89 Å². The highest BCUT2D eigenvalue weighted by atomic mass is 35.5. The summed E-state index contributed by atoms with van der Waals surface area (Å²) in [5.41, 5.74) is 7.09. The zero-order chi connectivity index (χ0) is 13.2. The Morgan fingerprint density at radius 2 is 2.11 bits per heavy atom. The van der Waals surface area contributed by atoms with E-state index >= 15 is 0 Å². The molecular formula is C14H18ClN3O. The van der Waals surface area contributed by atoms with E-state index in [-0.39, 0.29) is 0 Å². The van der Waals surface area contributed by atoms with Gasteiger partial charge >= 0.3 is 0 Å². The highest BCUT2D eigenvalue weighted by molar-refractivity contribution is 6.30. The van der Waals surface area contributed by atoms with E-state index in [1.54, 1.807) is 0 Å². The number of rotatable bonds is 2. The fourth-order valence-electron chi connectivity index (χ4n) is 2.92. The van der Waals surface area contributed by atoms with E-state index < -0.39 is 0 Å². The average molecular weight is 280 g/mol. The molecule has 0 spiro atoms. The predicted octanol–water partition coefficient (Wildman–Crippen LogP) is 2.27. The standard InChI is InChI=1S/C14H18ClN3O/c15-11-2-1-3-12(8-11)18-13(9-17-14(18)16)10-4-6-19-7-5-10/h1-3,8,10,13H,4-7,9H2,(H2,16,17). The summed E-state index contributed by atoms with van der Waals surface area (Å²) in [6, 6.07) is 8.14. The van der Waals surface area contributed by atoms with Gasteiger partial charge in [0.15, 0.2) is 5.96 Å². The average Bonchev–Trinajstić information content (AvgIpc) is 2.82. The Balaban J connectivity index is 1.85. The van der Waals surface area contributed by atoms with E-state index in [4.69, 9.17) is 22.1 Å². The summed E-state index contributed by atoms with van der Waals surface area (Å²) in [4.78, 5) is 6.54. The molecule has 2 heterocycles. The van der Waals surface area contributed by atoms with Gasteiger partial charge in [-0.1, -0.05) is 17.7 Å². The predicted molar refractivity (Wildman–Crippen MR) is 77.8 cm³/mol. The molecule has 1 unspecified atom stereocenters. The number of hydrogen-bond donors (Lipinski definition) is 1. The number of halogens is 1. The van der Waals surface area contributed by atoms with Crippen molar-refractivity contribution in [3.8, 4) is 0 Å². The summed E-state index contributed by atoms with van der Waals surface area (Å²) in [5.74, 6) is 1.18. The first-order valence-corrected chi connectivity index (χ1v) is 7.06. The van der Waals surface area contributed by atoms with Crippen LogP contribution < -0.4 is 10.6 Å². The lowest BCUT2D eigenvalue weighted by Crippen LogP contribution is -2.46. The van der Waals surface area contributed by atoms with Gasteiger partial charge in [0.25, 0.3) is 0 Å². The van der Waals surface area contributed by atoms with Crippen LogP contribution in [-0.4, -0.2) is 31.8 Å². The summed E-state index contributed by atoms with van der Waals surface area (Å²) in [7, 11) is 0. The molecule has 0 amide bonds. The molecule has 0 aromatic heterocycles. The van der Waals surface area contributed by atoms with Crippen molar-refractivity contribution in [2.45, 2.75) is 18.9 Å². The summed E-state index contributed by atoms with van der Waals surface area (Å²) in [6.45, 7) is 2.44. The maximum Gasteiger partial charge on any atom is 0.196 e. The van der Waals surface area contributed by atoms with Crippen molar-refractivity contribution in [3.63, 3.8) is 0 Å². The smallest absolute Gasteiger partial charge is 0.196 e. The second kappa shape index (κ2) is 5.39. The van der Waals surface area contributed by atoms with Crippen LogP contribution in [0, 0.1) is 5.92 Å². The van der Waals surface area contributed by atoms with Crippen molar-refractivity contribution < 1.29 is 4.74 Å². The number of benzene rings is 1. The Morgan fingerprint density at radius 1 is 1.32 bits per heavy atom. The van der Waals surface area contributed by atoms with Crippen molar-refractivity contribution in [1.82, 2.24) is 0 Å². The number of ether oxygens (including phenoxy) is 1. The molecule has 102 valence electrons. The minimum Gasteiger partial charge on any atom is -0.381 e. The molecule has 2 N–H and O–H groups in total. The molecule has 2 aliphatic rings. The Kier molecular flexibility index (Phi) is 3.62. The zero-order valence-corrected chi connectivity index (χ0v) is 11.5. The molecule has 2 aliphatic heterocycles. The highest BCUT2D eigenvalue weighted by Gasteiger charge is 2.34. The molecule has 1 atom stereocenters. The van der Waals surface area contributed by atoms with Crippen molar-refractivity contribution in [2.75, 3.05) is 24.7 Å². The summed E-state index contributed by atoms with van der Waals surface area (Å²) < 4.78 is 5.44. The first-order valence-electron chi connectivity index (χ1n) is 6.68. The van der Waals surface area contributed by atoms with Gasteiger partial charge in [-0.3, -0.25) is 4.99 Å². The molecule has 1 aromatic carbocycles. The minimum absolute atomic E-state index is 0.336. The Labute approximate surface area is 118 Å². The monoisotopic (exact) mass is 279 g/mol. The minimum atomic E-state index is 0.336. The van der Waals surface area contributed by atoms with Crippen LogP contribution in [0.4, 0.5) is 5.69 Å². The third-order valence-electron chi connectivity index (χ3n) is 3.92. The Bertz CT molecular complexity index is 485. The van der Waals surface area contributed by atoms with Crippen LogP contribution in [0.15, 0.2) is 29.3 Å². The first kappa shape index (κ1) is 12.8. The molecule has 3 rings (SSSR count). The number of nitrogens with two attached hydrogens (primary N) is 1. The molecule has 0 aliphatic carbocycles. The zero-order valence-electron chi connectivity index (χ0n) is 10.8. The third-order valence-corrected chi connectivity index (χ3v) is 4.15. The van der Waals surface area contributed by atoms with Gasteiger partial charge in [-0.15, -0.1) is 0 Å². The summed E-state index contributed by atoms with van der Waals surface area (Å²) in [6.07, 6.45) is 2.15. The number of nitrogens with zero attached hydrogens (tertiary/aromatic N) is 2. The quantitative estimate of drug-likeness (QED) is 0.903. The van der Waals surface area contributed by atoms with E-state index in [0.29, 0.717) is 17.9 Å². The second-order valence-electron chi connectivity index (χ2n) is 5.07. The van der Waals surface area contributed by atoms with Crippen LogP contribution in [0.1, 0.15) is 12.8 Å². The molecule has 4 nitrogen and oxygen atoms in total. The van der Waals surface area contributed by atoms with Gasteiger partial charge in [-0.25, -0.2) is 0 Å². The largest absolute Gasteiger partial charge is 0.381 e. The molecule has 5 heteroatoms. The molecular weight excluding hydrogens is 262 g/mol. The van der Waals surface area contributed by atoms with Gasteiger partial charge in [0, 0.05) is 23.9 Å². The maximum absolute atomic E-state index is 6.08. The molecule has 0 bridgehead atoms. The van der Waals surface area contributed by atoms with Crippen LogP contribution in [-0.2, 0) is 4.74 Å². The van der Waals surface area contributed by atoms with Crippen molar-refractivity contribution in [2.24, 2.45) is 16.6 Å². The van der Waals surface area contributed by atoms with Gasteiger partial charge in [0.1, 0.15) is 0 Å². The van der Waals surface area contributed by atoms with Crippen LogP contribution in [0.3, 0.4) is 0 Å². The fourth-order valence-corrected chi connectivity index (χ4v) is 3.11. The van der Waals surface area contributed by atoms with Crippen LogP contribution in [0.2, 0.25) is 5.02 Å². The summed E-state index contributed by atoms with van der Waals surface area (Å²) in [5, 5.41) is 0.725. The maximum atomic E-state index is 6.08. The van der Waals surface area contributed by atoms with Crippen molar-refractivity contribution in [3.05, 3.63) is 29.3 Å². The highest BCUT2D eigenvalue weighted by Crippen LogP contribution is 2.31. The number of aliphatic imine (C=N–C) groups is 1.